The minimum Gasteiger partial charge on any atom is -0.508 e. The summed E-state index contributed by atoms with van der Waals surface area (Å²) >= 11 is 0. The van der Waals surface area contributed by atoms with E-state index in [9.17, 15) is 19.8 Å². The van der Waals surface area contributed by atoms with Gasteiger partial charge in [-0.05, 0) is 30.7 Å². The summed E-state index contributed by atoms with van der Waals surface area (Å²) in [6.45, 7) is 2.06. The smallest absolute Gasteiger partial charge is 0.338 e. The first kappa shape index (κ1) is 16.3. The third-order valence-electron chi connectivity index (χ3n) is 5.93. The van der Waals surface area contributed by atoms with Gasteiger partial charge in [-0.15, -0.1) is 0 Å². The van der Waals surface area contributed by atoms with Gasteiger partial charge in [0.2, 0.25) is 5.91 Å². The maximum Gasteiger partial charge on any atom is 0.338 e. The predicted octanol–water partition coefficient (Wildman–Crippen LogP) is 1.57. The van der Waals surface area contributed by atoms with E-state index >= 15 is 0 Å². The van der Waals surface area contributed by atoms with E-state index in [4.69, 9.17) is 4.74 Å². The van der Waals surface area contributed by atoms with Crippen molar-refractivity contribution >= 4 is 28.5 Å². The average molecular weight is 366 g/mol. The molecule has 3 aliphatic heterocycles. The Morgan fingerprint density at radius 3 is 2.93 bits per heavy atom. The molecule has 1 aromatic heterocycles. The number of aromatic hydroxyl groups is 1. The lowest BCUT2D eigenvalue weighted by molar-refractivity contribution is -0.190. The van der Waals surface area contributed by atoms with Crippen LogP contribution in [0.25, 0.3) is 16.6 Å². The lowest BCUT2D eigenvalue weighted by Gasteiger charge is -2.44. The number of hydrogen-bond acceptors (Lipinski definition) is 6. The first-order chi connectivity index (χ1) is 12.9. The van der Waals surface area contributed by atoms with Crippen molar-refractivity contribution in [3.05, 3.63) is 41.6 Å². The molecule has 1 saturated heterocycles. The van der Waals surface area contributed by atoms with E-state index in [1.54, 1.807) is 36.1 Å². The second-order valence-corrected chi connectivity index (χ2v) is 7.36. The van der Waals surface area contributed by atoms with Crippen LogP contribution in [0, 0.1) is 11.8 Å². The number of fused-ring (bicyclic) bond motifs is 5. The molecule has 2 aromatic rings. The molecule has 3 aliphatic rings. The molecule has 1 aromatic carbocycles. The molecule has 1 amide bonds. The van der Waals surface area contributed by atoms with Crippen molar-refractivity contribution in [2.75, 3.05) is 6.61 Å². The number of nitrogens with zero attached hydrogens (tertiary/aromatic N) is 2. The minimum atomic E-state index is -1.71. The van der Waals surface area contributed by atoms with Gasteiger partial charge in [-0.25, -0.2) is 9.78 Å². The summed E-state index contributed by atoms with van der Waals surface area (Å²) in [7, 11) is 0. The molecule has 5 rings (SSSR count). The maximum absolute atomic E-state index is 13.1. The molecule has 0 spiro atoms. The van der Waals surface area contributed by atoms with Crippen LogP contribution in [-0.4, -0.2) is 44.2 Å². The van der Waals surface area contributed by atoms with Gasteiger partial charge in [-0.2, -0.15) is 0 Å². The zero-order chi connectivity index (χ0) is 18.9. The van der Waals surface area contributed by atoms with Crippen LogP contribution in [0.2, 0.25) is 0 Å². The molecule has 1 fully saturated rings. The van der Waals surface area contributed by atoms with Gasteiger partial charge in [-0.1, -0.05) is 13.0 Å². The zero-order valence-electron chi connectivity index (χ0n) is 14.7. The first-order valence-electron chi connectivity index (χ1n) is 8.98. The Kier molecular flexibility index (Phi) is 3.19. The Bertz CT molecular complexity index is 1050. The van der Waals surface area contributed by atoms with E-state index in [2.05, 4.69) is 4.98 Å². The van der Waals surface area contributed by atoms with Gasteiger partial charge in [0.1, 0.15) is 12.4 Å². The number of cyclic esters (lactones) is 1. The van der Waals surface area contributed by atoms with Gasteiger partial charge < -0.3 is 19.8 Å². The molecule has 2 N–H and O–H groups in total. The highest BCUT2D eigenvalue weighted by molar-refractivity contribution is 5.97. The van der Waals surface area contributed by atoms with Gasteiger partial charge >= 0.3 is 5.97 Å². The number of rotatable bonds is 1. The second-order valence-electron chi connectivity index (χ2n) is 7.36. The number of ether oxygens (including phenoxy) is 1. The summed E-state index contributed by atoms with van der Waals surface area (Å²) in [6.07, 6.45) is 1.97. The predicted molar refractivity (Wildman–Crippen MR) is 95.1 cm³/mol. The van der Waals surface area contributed by atoms with Gasteiger partial charge in [0, 0.05) is 16.9 Å². The Morgan fingerprint density at radius 1 is 1.33 bits per heavy atom. The lowest BCUT2D eigenvalue weighted by atomic mass is 9.72. The quantitative estimate of drug-likeness (QED) is 0.743. The van der Waals surface area contributed by atoms with Crippen LogP contribution in [0.1, 0.15) is 24.6 Å². The molecule has 3 unspecified atom stereocenters. The number of carbonyl (C=O) groups excluding carboxylic acids is 2. The van der Waals surface area contributed by atoms with Crippen LogP contribution in [0.3, 0.4) is 0 Å². The molecule has 0 saturated carbocycles. The van der Waals surface area contributed by atoms with Crippen LogP contribution < -0.4 is 0 Å². The summed E-state index contributed by atoms with van der Waals surface area (Å²) < 4.78 is 5.12. The fourth-order valence-corrected chi connectivity index (χ4v) is 4.39. The fourth-order valence-electron chi connectivity index (χ4n) is 4.39. The highest BCUT2D eigenvalue weighted by Gasteiger charge is 2.56. The molecule has 4 heterocycles. The molecule has 0 aliphatic carbocycles. The average Bonchev–Trinajstić information content (AvgIpc) is 3.01. The summed E-state index contributed by atoms with van der Waals surface area (Å²) in [6, 6.07) is 6.85. The van der Waals surface area contributed by atoms with Crippen LogP contribution in [0.15, 0.2) is 30.3 Å². The molecule has 27 heavy (non-hydrogen) atoms. The Morgan fingerprint density at radius 2 is 2.15 bits per heavy atom. The highest BCUT2D eigenvalue weighted by atomic mass is 16.6. The monoisotopic (exact) mass is 366 g/mol. The van der Waals surface area contributed by atoms with Crippen LogP contribution in [0.5, 0.6) is 5.75 Å². The topological polar surface area (TPSA) is 100.0 Å². The lowest BCUT2D eigenvalue weighted by Crippen LogP contribution is -2.58. The zero-order valence-corrected chi connectivity index (χ0v) is 14.7. The van der Waals surface area contributed by atoms with Gasteiger partial charge in [0.05, 0.1) is 29.4 Å². The Balaban J connectivity index is 1.68. The number of amides is 1. The number of aromatic nitrogens is 1. The van der Waals surface area contributed by atoms with Crippen molar-refractivity contribution in [2.24, 2.45) is 11.8 Å². The summed E-state index contributed by atoms with van der Waals surface area (Å²) in [5, 5.41) is 21.4. The summed E-state index contributed by atoms with van der Waals surface area (Å²) in [5.74, 6) is -1.91. The number of pyridine rings is 1. The van der Waals surface area contributed by atoms with E-state index in [1.807, 2.05) is 6.07 Å². The van der Waals surface area contributed by atoms with Crippen molar-refractivity contribution in [1.82, 2.24) is 9.88 Å². The van der Waals surface area contributed by atoms with E-state index < -0.39 is 23.4 Å². The number of phenolic OH excluding ortho intramolecular Hbond substituents is 1. The van der Waals surface area contributed by atoms with Gasteiger partial charge in [0.25, 0.3) is 0 Å². The number of aliphatic hydroxyl groups is 1. The molecular formula is C20H18N2O5. The van der Waals surface area contributed by atoms with Crippen molar-refractivity contribution in [1.29, 1.82) is 0 Å². The summed E-state index contributed by atoms with van der Waals surface area (Å²) in [4.78, 5) is 31.6. The number of esters is 1. The van der Waals surface area contributed by atoms with Crippen molar-refractivity contribution in [3.8, 4) is 5.75 Å². The number of benzene rings is 1. The molecule has 0 radical (unpaired) electrons. The number of hydrogen-bond donors (Lipinski definition) is 2. The number of phenols is 1. The van der Waals surface area contributed by atoms with Crippen molar-refractivity contribution < 1.29 is 24.5 Å². The number of carbonyl (C=O) groups is 2. The minimum absolute atomic E-state index is 0.0233. The fraction of sp³-hybridized carbons (Fsp3) is 0.350. The molecule has 0 bridgehead atoms. The third-order valence-corrected chi connectivity index (χ3v) is 5.93. The summed E-state index contributed by atoms with van der Waals surface area (Å²) in [5.41, 5.74) is 1.18. The molecule has 3 atom stereocenters. The van der Waals surface area contributed by atoms with Crippen LogP contribution in [0.4, 0.5) is 0 Å². The molecule has 7 heteroatoms. The highest BCUT2D eigenvalue weighted by Crippen LogP contribution is 2.46. The van der Waals surface area contributed by atoms with Gasteiger partial charge in [0.15, 0.2) is 5.60 Å². The molecule has 7 nitrogen and oxygen atoms in total. The Hall–Kier alpha value is -2.93. The molecular weight excluding hydrogens is 348 g/mol. The normalized spacial score (nSPS) is 29.1. The SMILES string of the molecule is CCC1(O)C(=O)OCC2C(=O)N3Cc4cc5cc(O)ccc5nc4C3=CC21. The standard InChI is InChI=1S/C20H18N2O5/c1-2-20(26)14-7-16-17-11(5-10-6-12(23)3-4-15(10)21-17)8-22(16)18(24)13(14)9-27-19(20)25/h3-7,13-14,23,26H,2,8-9H2,1H3. The first-order valence-corrected chi connectivity index (χ1v) is 8.98. The van der Waals surface area contributed by atoms with Crippen molar-refractivity contribution in [3.63, 3.8) is 0 Å². The van der Waals surface area contributed by atoms with Gasteiger partial charge in [-0.3, -0.25) is 4.79 Å². The van der Waals surface area contributed by atoms with Crippen LogP contribution >= 0.6 is 0 Å². The van der Waals surface area contributed by atoms with E-state index in [0.29, 0.717) is 23.5 Å². The van der Waals surface area contributed by atoms with E-state index in [0.717, 1.165) is 10.9 Å². The largest absolute Gasteiger partial charge is 0.508 e. The Labute approximate surface area is 154 Å². The van der Waals surface area contributed by atoms with Crippen LogP contribution in [-0.2, 0) is 20.9 Å². The second kappa shape index (κ2) is 5.29. The van der Waals surface area contributed by atoms with Crippen molar-refractivity contribution in [2.45, 2.75) is 25.5 Å². The third kappa shape index (κ3) is 2.09. The molecule has 138 valence electrons. The van der Waals surface area contributed by atoms with E-state index in [-0.39, 0.29) is 24.7 Å². The maximum atomic E-state index is 13.1. The van der Waals surface area contributed by atoms with E-state index in [1.165, 1.54) is 0 Å².